The van der Waals surface area contributed by atoms with E-state index in [9.17, 15) is 9.18 Å². The standard InChI is InChI=1S/C21H18BrFN4O/c22-16-8-9-18(17(23)13-16)25-21(28)27-12-11-26(14-15-5-2-1-3-6-15)20-19(27)7-4-10-24-20/h1-10,13H,11-12,14H2,(H,25,28). The molecule has 0 bridgehead atoms. The van der Waals surface area contributed by atoms with Gasteiger partial charge in [-0.2, -0.15) is 0 Å². The number of urea groups is 1. The number of aromatic nitrogens is 1. The number of anilines is 3. The fourth-order valence-electron chi connectivity index (χ4n) is 3.23. The van der Waals surface area contributed by atoms with Crippen molar-refractivity contribution in [3.63, 3.8) is 0 Å². The SMILES string of the molecule is O=C(Nc1ccc(Br)cc1F)N1CCN(Cc2ccccc2)c2ncccc21. The molecular weight excluding hydrogens is 423 g/mol. The summed E-state index contributed by atoms with van der Waals surface area (Å²) < 4.78 is 14.7. The van der Waals surface area contributed by atoms with E-state index < -0.39 is 5.82 Å². The van der Waals surface area contributed by atoms with Gasteiger partial charge in [-0.1, -0.05) is 46.3 Å². The van der Waals surface area contributed by atoms with Crippen molar-refractivity contribution in [2.75, 3.05) is 28.2 Å². The summed E-state index contributed by atoms with van der Waals surface area (Å²) in [7, 11) is 0. The van der Waals surface area contributed by atoms with Crippen LogP contribution in [0.4, 0.5) is 26.4 Å². The Kier molecular flexibility index (Phi) is 5.25. The molecule has 1 aliphatic heterocycles. The van der Waals surface area contributed by atoms with Gasteiger partial charge in [-0.3, -0.25) is 4.90 Å². The minimum absolute atomic E-state index is 0.144. The lowest BCUT2D eigenvalue weighted by Gasteiger charge is -2.36. The first-order valence-electron chi connectivity index (χ1n) is 8.89. The molecule has 1 N–H and O–H groups in total. The number of hydrogen-bond donors (Lipinski definition) is 1. The van der Waals surface area contributed by atoms with Crippen LogP contribution in [0, 0.1) is 5.82 Å². The molecule has 0 saturated carbocycles. The second-order valence-electron chi connectivity index (χ2n) is 6.46. The Balaban J connectivity index is 1.56. The molecule has 28 heavy (non-hydrogen) atoms. The zero-order valence-corrected chi connectivity index (χ0v) is 16.6. The van der Waals surface area contributed by atoms with E-state index in [2.05, 4.69) is 43.3 Å². The Bertz CT molecular complexity index is 999. The number of fused-ring (bicyclic) bond motifs is 1. The quantitative estimate of drug-likeness (QED) is 0.620. The maximum absolute atomic E-state index is 14.1. The van der Waals surface area contributed by atoms with Crippen molar-refractivity contribution in [1.82, 2.24) is 4.98 Å². The largest absolute Gasteiger partial charge is 0.349 e. The Morgan fingerprint density at radius 2 is 1.93 bits per heavy atom. The van der Waals surface area contributed by atoms with Gasteiger partial charge in [0.1, 0.15) is 5.82 Å². The third-order valence-electron chi connectivity index (χ3n) is 4.58. The van der Waals surface area contributed by atoms with E-state index in [-0.39, 0.29) is 11.7 Å². The molecule has 3 aromatic rings. The number of nitrogens with zero attached hydrogens (tertiary/aromatic N) is 3. The highest BCUT2D eigenvalue weighted by Gasteiger charge is 2.28. The normalized spacial score (nSPS) is 13.2. The first-order chi connectivity index (χ1) is 13.6. The van der Waals surface area contributed by atoms with E-state index in [1.165, 1.54) is 17.7 Å². The van der Waals surface area contributed by atoms with Gasteiger partial charge in [-0.05, 0) is 35.9 Å². The predicted molar refractivity (Wildman–Crippen MR) is 112 cm³/mol. The lowest BCUT2D eigenvalue weighted by atomic mass is 10.2. The van der Waals surface area contributed by atoms with E-state index >= 15 is 0 Å². The number of amides is 2. The molecule has 5 nitrogen and oxygen atoms in total. The molecule has 1 aromatic heterocycles. The minimum atomic E-state index is -0.489. The Morgan fingerprint density at radius 1 is 1.11 bits per heavy atom. The molecule has 0 atom stereocenters. The van der Waals surface area contributed by atoms with E-state index in [1.807, 2.05) is 24.3 Å². The van der Waals surface area contributed by atoms with Crippen molar-refractivity contribution in [3.8, 4) is 0 Å². The fourth-order valence-corrected chi connectivity index (χ4v) is 3.57. The second kappa shape index (κ2) is 7.98. The van der Waals surface area contributed by atoms with Gasteiger partial charge in [0.15, 0.2) is 5.82 Å². The number of carbonyl (C=O) groups is 1. The van der Waals surface area contributed by atoms with Crippen LogP contribution in [0.5, 0.6) is 0 Å². The van der Waals surface area contributed by atoms with E-state index in [4.69, 9.17) is 0 Å². The zero-order valence-electron chi connectivity index (χ0n) is 15.0. The Labute approximate surface area is 170 Å². The number of carbonyl (C=O) groups excluding carboxylic acids is 1. The molecule has 0 unspecified atom stereocenters. The van der Waals surface area contributed by atoms with Gasteiger partial charge in [0, 0.05) is 30.3 Å². The predicted octanol–water partition coefficient (Wildman–Crippen LogP) is 5.04. The molecule has 1 aliphatic rings. The van der Waals surface area contributed by atoms with Crippen molar-refractivity contribution in [2.45, 2.75) is 6.54 Å². The van der Waals surface area contributed by atoms with Gasteiger partial charge in [0.25, 0.3) is 0 Å². The van der Waals surface area contributed by atoms with Crippen LogP contribution in [0.25, 0.3) is 0 Å². The topological polar surface area (TPSA) is 48.5 Å². The smallest absolute Gasteiger partial charge is 0.326 e. The molecule has 4 rings (SSSR count). The summed E-state index contributed by atoms with van der Waals surface area (Å²) in [6.45, 7) is 1.83. The van der Waals surface area contributed by atoms with Crippen LogP contribution >= 0.6 is 15.9 Å². The lowest BCUT2D eigenvalue weighted by Crippen LogP contribution is -2.46. The molecule has 142 valence electrons. The maximum atomic E-state index is 14.1. The number of benzene rings is 2. The highest BCUT2D eigenvalue weighted by Crippen LogP contribution is 2.32. The molecule has 2 aromatic carbocycles. The maximum Gasteiger partial charge on any atom is 0.326 e. The van der Waals surface area contributed by atoms with Crippen LogP contribution in [-0.4, -0.2) is 24.1 Å². The third-order valence-corrected chi connectivity index (χ3v) is 5.08. The van der Waals surface area contributed by atoms with Crippen LogP contribution in [0.2, 0.25) is 0 Å². The molecule has 0 saturated heterocycles. The minimum Gasteiger partial charge on any atom is -0.349 e. The number of rotatable bonds is 3. The molecule has 0 aliphatic carbocycles. The summed E-state index contributed by atoms with van der Waals surface area (Å²) in [5.74, 6) is 0.251. The number of pyridine rings is 1. The van der Waals surface area contributed by atoms with E-state index in [0.29, 0.717) is 29.8 Å². The Morgan fingerprint density at radius 3 is 2.71 bits per heavy atom. The van der Waals surface area contributed by atoms with Crippen molar-refractivity contribution >= 4 is 39.2 Å². The van der Waals surface area contributed by atoms with Gasteiger partial charge < -0.3 is 10.2 Å². The third kappa shape index (κ3) is 3.84. The van der Waals surface area contributed by atoms with E-state index in [1.54, 1.807) is 23.2 Å². The van der Waals surface area contributed by atoms with Gasteiger partial charge in [0.05, 0.1) is 11.4 Å². The van der Waals surface area contributed by atoms with Gasteiger partial charge in [0.2, 0.25) is 0 Å². The summed E-state index contributed by atoms with van der Waals surface area (Å²) in [5, 5.41) is 2.66. The molecule has 0 fully saturated rings. The molecule has 2 amide bonds. The van der Waals surface area contributed by atoms with Crippen LogP contribution < -0.4 is 15.1 Å². The van der Waals surface area contributed by atoms with Gasteiger partial charge >= 0.3 is 6.03 Å². The summed E-state index contributed by atoms with van der Waals surface area (Å²) in [5.41, 5.74) is 2.03. The second-order valence-corrected chi connectivity index (χ2v) is 7.37. The fraction of sp³-hybridized carbons (Fsp3) is 0.143. The number of halogens is 2. The van der Waals surface area contributed by atoms with E-state index in [0.717, 1.165) is 5.82 Å². The number of hydrogen-bond acceptors (Lipinski definition) is 3. The van der Waals surface area contributed by atoms with Crippen molar-refractivity contribution < 1.29 is 9.18 Å². The van der Waals surface area contributed by atoms with Crippen molar-refractivity contribution in [2.24, 2.45) is 0 Å². The lowest BCUT2D eigenvalue weighted by molar-refractivity contribution is 0.256. The molecule has 7 heteroatoms. The van der Waals surface area contributed by atoms with Gasteiger partial charge in [-0.25, -0.2) is 14.2 Å². The summed E-state index contributed by atoms with van der Waals surface area (Å²) in [4.78, 5) is 21.1. The summed E-state index contributed by atoms with van der Waals surface area (Å²) in [6, 6.07) is 17.9. The first kappa shape index (κ1) is 18.4. The number of nitrogens with one attached hydrogen (secondary N) is 1. The highest BCUT2D eigenvalue weighted by molar-refractivity contribution is 9.10. The van der Waals surface area contributed by atoms with Crippen molar-refractivity contribution in [3.05, 3.63) is 82.7 Å². The van der Waals surface area contributed by atoms with Gasteiger partial charge in [-0.15, -0.1) is 0 Å². The highest BCUT2D eigenvalue weighted by atomic mass is 79.9. The van der Waals surface area contributed by atoms with Crippen LogP contribution in [0.3, 0.4) is 0 Å². The molecule has 0 radical (unpaired) electrons. The molecular formula is C21H18BrFN4O. The average Bonchev–Trinajstić information content (AvgIpc) is 2.71. The molecule has 0 spiro atoms. The Hall–Kier alpha value is -2.93. The average molecular weight is 441 g/mol. The van der Waals surface area contributed by atoms with Crippen LogP contribution in [0.1, 0.15) is 5.56 Å². The zero-order chi connectivity index (χ0) is 19.5. The van der Waals surface area contributed by atoms with Crippen molar-refractivity contribution in [1.29, 1.82) is 0 Å². The summed E-state index contributed by atoms with van der Waals surface area (Å²) in [6.07, 6.45) is 1.71. The molecule has 2 heterocycles. The van der Waals surface area contributed by atoms with Crippen LogP contribution in [-0.2, 0) is 6.54 Å². The monoisotopic (exact) mass is 440 g/mol. The summed E-state index contributed by atoms with van der Waals surface area (Å²) >= 11 is 3.22. The first-order valence-corrected chi connectivity index (χ1v) is 9.68. The van der Waals surface area contributed by atoms with Crippen LogP contribution in [0.15, 0.2) is 71.3 Å².